The van der Waals surface area contributed by atoms with Crippen LogP contribution in [0.3, 0.4) is 0 Å². The van der Waals surface area contributed by atoms with Crippen LogP contribution in [0.15, 0.2) is 46.9 Å². The average molecular weight is 311 g/mol. The molecule has 86 valence electrons. The molecule has 0 aliphatic rings. The van der Waals surface area contributed by atoms with Gasteiger partial charge in [0.1, 0.15) is 0 Å². The first-order valence-corrected chi connectivity index (χ1v) is 6.10. The predicted octanol–water partition coefficient (Wildman–Crippen LogP) is 3.87. The van der Waals surface area contributed by atoms with E-state index >= 15 is 0 Å². The summed E-state index contributed by atoms with van der Waals surface area (Å²) >= 11 is 9.19. The molecule has 2 aromatic rings. The molecular formula is C13H9BrClNO. The van der Waals surface area contributed by atoms with Crippen LogP contribution in [0.2, 0.25) is 5.02 Å². The lowest BCUT2D eigenvalue weighted by Gasteiger charge is -2.05. The number of hydrogen-bond acceptors (Lipinski definition) is 1. The number of halogens is 2. The van der Waals surface area contributed by atoms with E-state index in [9.17, 15) is 4.79 Å². The van der Waals surface area contributed by atoms with Crippen LogP contribution in [0.4, 0.5) is 0 Å². The summed E-state index contributed by atoms with van der Waals surface area (Å²) < 4.78 is 0.818. The zero-order valence-corrected chi connectivity index (χ0v) is 11.1. The van der Waals surface area contributed by atoms with Gasteiger partial charge in [-0.25, -0.2) is 0 Å². The Hall–Kier alpha value is -1.32. The Bertz CT molecular complexity index is 566. The summed E-state index contributed by atoms with van der Waals surface area (Å²) in [7, 11) is 0. The average Bonchev–Trinajstić information content (AvgIpc) is 2.29. The van der Waals surface area contributed by atoms with Crippen molar-refractivity contribution in [2.45, 2.75) is 0 Å². The highest BCUT2D eigenvalue weighted by molar-refractivity contribution is 9.10. The largest absolute Gasteiger partial charge is 0.366 e. The van der Waals surface area contributed by atoms with E-state index < -0.39 is 5.91 Å². The molecule has 0 heterocycles. The van der Waals surface area contributed by atoms with Gasteiger partial charge in [0.25, 0.3) is 0 Å². The second-order valence-electron chi connectivity index (χ2n) is 3.60. The molecule has 0 radical (unpaired) electrons. The predicted molar refractivity (Wildman–Crippen MR) is 73.1 cm³/mol. The maximum Gasteiger partial charge on any atom is 0.248 e. The smallest absolute Gasteiger partial charge is 0.248 e. The number of carbonyl (C=O) groups excluding carboxylic acids is 1. The van der Waals surface area contributed by atoms with Crippen molar-refractivity contribution in [2.75, 3.05) is 0 Å². The van der Waals surface area contributed by atoms with E-state index in [1.165, 1.54) is 0 Å². The molecule has 2 aromatic carbocycles. The third kappa shape index (κ3) is 2.87. The minimum absolute atomic E-state index is 0.443. The number of hydrogen-bond donors (Lipinski definition) is 1. The number of benzene rings is 2. The number of rotatable bonds is 2. The highest BCUT2D eigenvalue weighted by atomic mass is 79.9. The van der Waals surface area contributed by atoms with Gasteiger partial charge in [-0.1, -0.05) is 39.7 Å². The maximum atomic E-state index is 11.2. The summed E-state index contributed by atoms with van der Waals surface area (Å²) in [6.07, 6.45) is 0. The summed E-state index contributed by atoms with van der Waals surface area (Å²) in [4.78, 5) is 11.2. The molecule has 2 nitrogen and oxygen atoms in total. The summed E-state index contributed by atoms with van der Waals surface area (Å²) in [6, 6.07) is 12.8. The Morgan fingerprint density at radius 1 is 1.06 bits per heavy atom. The molecule has 1 amide bonds. The lowest BCUT2D eigenvalue weighted by atomic mass is 10.0. The third-order valence-electron chi connectivity index (χ3n) is 2.36. The number of primary amides is 1. The quantitative estimate of drug-likeness (QED) is 0.899. The van der Waals surface area contributed by atoms with Crippen LogP contribution in [0.25, 0.3) is 11.1 Å². The van der Waals surface area contributed by atoms with Crippen molar-refractivity contribution in [2.24, 2.45) is 5.73 Å². The monoisotopic (exact) mass is 309 g/mol. The third-order valence-corrected chi connectivity index (χ3v) is 3.07. The molecule has 17 heavy (non-hydrogen) atoms. The zero-order valence-electron chi connectivity index (χ0n) is 8.78. The first-order chi connectivity index (χ1) is 8.06. The molecule has 2 rings (SSSR count). The topological polar surface area (TPSA) is 43.1 Å². The minimum atomic E-state index is -0.443. The molecule has 0 bridgehead atoms. The number of nitrogens with two attached hydrogens (primary N) is 1. The Morgan fingerprint density at radius 2 is 1.71 bits per heavy atom. The van der Waals surface area contributed by atoms with Crippen molar-refractivity contribution < 1.29 is 4.79 Å². The molecule has 0 aliphatic carbocycles. The summed E-state index contributed by atoms with van der Waals surface area (Å²) in [5, 5.41) is 0.680. The fraction of sp³-hybridized carbons (Fsp3) is 0. The highest BCUT2D eigenvalue weighted by Crippen LogP contribution is 2.26. The van der Waals surface area contributed by atoms with Gasteiger partial charge in [-0.05, 0) is 41.5 Å². The van der Waals surface area contributed by atoms with E-state index in [-0.39, 0.29) is 0 Å². The molecule has 0 saturated carbocycles. The standard InChI is InChI=1S/C13H9BrClNO/c14-11-6-9(5-10(7-11)13(16)17)8-1-3-12(15)4-2-8/h1-7H,(H2,16,17). The molecule has 0 saturated heterocycles. The Kier molecular flexibility index (Phi) is 3.50. The summed E-state index contributed by atoms with van der Waals surface area (Å²) in [5.74, 6) is -0.443. The van der Waals surface area contributed by atoms with Crippen molar-refractivity contribution in [1.82, 2.24) is 0 Å². The van der Waals surface area contributed by atoms with Gasteiger partial charge in [0.15, 0.2) is 0 Å². The van der Waals surface area contributed by atoms with Crippen molar-refractivity contribution in [1.29, 1.82) is 0 Å². The van der Waals surface area contributed by atoms with Crippen molar-refractivity contribution >= 4 is 33.4 Å². The Balaban J connectivity index is 2.51. The van der Waals surface area contributed by atoms with Crippen LogP contribution in [0.5, 0.6) is 0 Å². The van der Waals surface area contributed by atoms with E-state index in [1.807, 2.05) is 30.3 Å². The van der Waals surface area contributed by atoms with Gasteiger partial charge in [-0.2, -0.15) is 0 Å². The van der Waals surface area contributed by atoms with E-state index in [0.717, 1.165) is 15.6 Å². The van der Waals surface area contributed by atoms with Crippen molar-refractivity contribution in [3.05, 3.63) is 57.5 Å². The molecule has 0 aliphatic heterocycles. The second-order valence-corrected chi connectivity index (χ2v) is 4.95. The molecule has 4 heteroatoms. The van der Waals surface area contributed by atoms with Gasteiger partial charge in [-0.3, -0.25) is 4.79 Å². The number of amides is 1. The molecule has 0 atom stereocenters. The first-order valence-electron chi connectivity index (χ1n) is 4.92. The fourth-order valence-corrected chi connectivity index (χ4v) is 2.16. The van der Waals surface area contributed by atoms with Crippen LogP contribution in [-0.4, -0.2) is 5.91 Å². The fourth-order valence-electron chi connectivity index (χ4n) is 1.54. The van der Waals surface area contributed by atoms with Crippen LogP contribution >= 0.6 is 27.5 Å². The lowest BCUT2D eigenvalue weighted by Crippen LogP contribution is -2.10. The first kappa shape index (κ1) is 12.1. The van der Waals surface area contributed by atoms with Crippen LogP contribution in [-0.2, 0) is 0 Å². The number of carbonyl (C=O) groups is 1. The van der Waals surface area contributed by atoms with Crippen molar-refractivity contribution in [3.8, 4) is 11.1 Å². The van der Waals surface area contributed by atoms with E-state index in [2.05, 4.69) is 15.9 Å². The van der Waals surface area contributed by atoms with Crippen LogP contribution < -0.4 is 5.73 Å². The van der Waals surface area contributed by atoms with Gasteiger partial charge in [0.2, 0.25) is 5.91 Å². The Labute approximate surface area is 113 Å². The lowest BCUT2D eigenvalue weighted by molar-refractivity contribution is 0.100. The molecule has 0 unspecified atom stereocenters. The Morgan fingerprint density at radius 3 is 2.29 bits per heavy atom. The van der Waals surface area contributed by atoms with E-state index in [4.69, 9.17) is 17.3 Å². The van der Waals surface area contributed by atoms with Gasteiger partial charge in [0.05, 0.1) is 0 Å². The molecule has 0 spiro atoms. The molecule has 0 fully saturated rings. The highest BCUT2D eigenvalue weighted by Gasteiger charge is 2.05. The van der Waals surface area contributed by atoms with Crippen LogP contribution in [0, 0.1) is 0 Å². The SMILES string of the molecule is NC(=O)c1cc(Br)cc(-c2ccc(Cl)cc2)c1. The maximum absolute atomic E-state index is 11.2. The molecular weight excluding hydrogens is 302 g/mol. The summed E-state index contributed by atoms with van der Waals surface area (Å²) in [6.45, 7) is 0. The van der Waals surface area contributed by atoms with Crippen molar-refractivity contribution in [3.63, 3.8) is 0 Å². The normalized spacial score (nSPS) is 10.2. The van der Waals surface area contributed by atoms with Crippen LogP contribution in [0.1, 0.15) is 10.4 Å². The van der Waals surface area contributed by atoms with Gasteiger partial charge in [0, 0.05) is 15.1 Å². The van der Waals surface area contributed by atoms with Gasteiger partial charge in [-0.15, -0.1) is 0 Å². The van der Waals surface area contributed by atoms with Gasteiger partial charge >= 0.3 is 0 Å². The van der Waals surface area contributed by atoms with Gasteiger partial charge < -0.3 is 5.73 Å². The molecule has 0 aromatic heterocycles. The minimum Gasteiger partial charge on any atom is -0.366 e. The van der Waals surface area contributed by atoms with E-state index in [1.54, 1.807) is 12.1 Å². The summed E-state index contributed by atoms with van der Waals surface area (Å²) in [5.41, 5.74) is 7.65. The van der Waals surface area contributed by atoms with E-state index in [0.29, 0.717) is 10.6 Å². The zero-order chi connectivity index (χ0) is 12.4. The second kappa shape index (κ2) is 4.90. The molecule has 2 N–H and O–H groups in total.